The van der Waals surface area contributed by atoms with Gasteiger partial charge in [0.05, 0.1) is 0 Å². The van der Waals surface area contributed by atoms with Gasteiger partial charge in [0.15, 0.2) is 0 Å². The van der Waals surface area contributed by atoms with Crippen LogP contribution >= 0.6 is 11.3 Å². The summed E-state index contributed by atoms with van der Waals surface area (Å²) in [6.07, 6.45) is 5.06. The number of thiophene rings is 1. The van der Waals surface area contributed by atoms with E-state index in [2.05, 4.69) is 36.8 Å². The summed E-state index contributed by atoms with van der Waals surface area (Å²) >= 11 is 1.87. The Labute approximate surface area is 85.2 Å². The van der Waals surface area contributed by atoms with Gasteiger partial charge >= 0.3 is 0 Å². The zero-order chi connectivity index (χ0) is 9.52. The van der Waals surface area contributed by atoms with E-state index >= 15 is 0 Å². The highest BCUT2D eigenvalue weighted by Gasteiger charge is 2.04. The summed E-state index contributed by atoms with van der Waals surface area (Å²) in [6, 6.07) is 5.06. The van der Waals surface area contributed by atoms with Gasteiger partial charge in [0.25, 0.3) is 0 Å². The lowest BCUT2D eigenvalue weighted by molar-refractivity contribution is 0.485. The fraction of sp³-hybridized carbons (Fsp3) is 0.636. The highest BCUT2D eigenvalue weighted by atomic mass is 32.1. The van der Waals surface area contributed by atoms with Crippen LogP contribution in [0.4, 0.5) is 0 Å². The van der Waals surface area contributed by atoms with Crippen molar-refractivity contribution >= 4 is 11.3 Å². The molecular formula is C11H19NS. The number of hydrogen-bond donors (Lipinski definition) is 1. The summed E-state index contributed by atoms with van der Waals surface area (Å²) in [5, 5.41) is 5.53. The van der Waals surface area contributed by atoms with E-state index < -0.39 is 0 Å². The van der Waals surface area contributed by atoms with Crippen molar-refractivity contribution in [3.63, 3.8) is 0 Å². The van der Waals surface area contributed by atoms with E-state index in [-0.39, 0.29) is 0 Å². The lowest BCUT2D eigenvalue weighted by Gasteiger charge is -2.13. The molecule has 0 saturated carbocycles. The van der Waals surface area contributed by atoms with Gasteiger partial charge in [0.1, 0.15) is 0 Å². The molecule has 0 saturated heterocycles. The summed E-state index contributed by atoms with van der Waals surface area (Å²) in [5.41, 5.74) is 0. The molecular weight excluding hydrogens is 178 g/mol. The van der Waals surface area contributed by atoms with Crippen molar-refractivity contribution in [2.75, 3.05) is 7.05 Å². The molecule has 0 amide bonds. The Morgan fingerprint density at radius 1 is 1.46 bits per heavy atom. The minimum Gasteiger partial charge on any atom is -0.317 e. The van der Waals surface area contributed by atoms with Crippen LogP contribution in [0.3, 0.4) is 0 Å². The van der Waals surface area contributed by atoms with E-state index in [1.54, 1.807) is 0 Å². The van der Waals surface area contributed by atoms with Crippen LogP contribution in [-0.4, -0.2) is 13.1 Å². The fourth-order valence-electron chi connectivity index (χ4n) is 1.55. The summed E-state index contributed by atoms with van der Waals surface area (Å²) < 4.78 is 0. The van der Waals surface area contributed by atoms with Crippen LogP contribution in [0.5, 0.6) is 0 Å². The molecule has 0 fully saturated rings. The van der Waals surface area contributed by atoms with Gasteiger partial charge in [-0.3, -0.25) is 0 Å². The summed E-state index contributed by atoms with van der Waals surface area (Å²) in [7, 11) is 2.06. The van der Waals surface area contributed by atoms with E-state index in [9.17, 15) is 0 Å². The molecule has 0 aromatic carbocycles. The fourth-order valence-corrected chi connectivity index (χ4v) is 2.28. The molecule has 0 aliphatic heterocycles. The molecule has 0 aliphatic carbocycles. The second kappa shape index (κ2) is 6.17. The molecule has 1 rings (SSSR count). The first-order chi connectivity index (χ1) is 6.36. The Balaban J connectivity index is 2.23. The van der Waals surface area contributed by atoms with Crippen molar-refractivity contribution in [3.05, 3.63) is 22.4 Å². The largest absolute Gasteiger partial charge is 0.317 e. The normalized spacial score (nSPS) is 13.1. The molecule has 1 unspecified atom stereocenters. The van der Waals surface area contributed by atoms with E-state index in [0.717, 1.165) is 0 Å². The zero-order valence-electron chi connectivity index (χ0n) is 8.55. The number of hydrogen-bond acceptors (Lipinski definition) is 2. The van der Waals surface area contributed by atoms with Crippen molar-refractivity contribution in [3.8, 4) is 0 Å². The van der Waals surface area contributed by atoms with Crippen molar-refractivity contribution in [2.45, 2.75) is 38.6 Å². The Morgan fingerprint density at radius 2 is 2.31 bits per heavy atom. The van der Waals surface area contributed by atoms with Gasteiger partial charge in [-0.2, -0.15) is 0 Å². The maximum Gasteiger partial charge on any atom is 0.00674 e. The van der Waals surface area contributed by atoms with E-state index in [1.165, 1.54) is 30.6 Å². The Kier molecular flexibility index (Phi) is 5.09. The first-order valence-corrected chi connectivity index (χ1v) is 5.94. The lowest BCUT2D eigenvalue weighted by atomic mass is 10.1. The van der Waals surface area contributed by atoms with E-state index in [0.29, 0.717) is 6.04 Å². The average molecular weight is 197 g/mol. The third kappa shape index (κ3) is 3.92. The smallest absolute Gasteiger partial charge is 0.00674 e. The van der Waals surface area contributed by atoms with Crippen LogP contribution in [0.1, 0.15) is 31.1 Å². The molecule has 1 aromatic rings. The summed E-state index contributed by atoms with van der Waals surface area (Å²) in [4.78, 5) is 1.51. The lowest BCUT2D eigenvalue weighted by Crippen LogP contribution is -2.25. The first-order valence-electron chi connectivity index (χ1n) is 5.06. The first kappa shape index (κ1) is 10.7. The highest BCUT2D eigenvalue weighted by molar-refractivity contribution is 7.09. The molecule has 0 radical (unpaired) electrons. The molecule has 2 heteroatoms. The summed E-state index contributed by atoms with van der Waals surface area (Å²) in [6.45, 7) is 2.25. The van der Waals surface area contributed by atoms with E-state index in [1.807, 2.05) is 11.3 Å². The molecule has 13 heavy (non-hydrogen) atoms. The van der Waals surface area contributed by atoms with Gasteiger partial charge in [0.2, 0.25) is 0 Å². The minimum atomic E-state index is 0.701. The molecule has 1 nitrogen and oxygen atoms in total. The second-order valence-electron chi connectivity index (χ2n) is 3.39. The van der Waals surface area contributed by atoms with Crippen LogP contribution in [0.15, 0.2) is 17.5 Å². The molecule has 0 bridgehead atoms. The predicted octanol–water partition coefficient (Wildman–Crippen LogP) is 3.07. The Hall–Kier alpha value is -0.340. The van der Waals surface area contributed by atoms with Crippen molar-refractivity contribution in [2.24, 2.45) is 0 Å². The molecule has 0 aliphatic rings. The topological polar surface area (TPSA) is 12.0 Å². The third-order valence-corrected chi connectivity index (χ3v) is 3.30. The molecule has 1 aromatic heterocycles. The number of aryl methyl sites for hydroxylation is 1. The third-order valence-electron chi connectivity index (χ3n) is 2.36. The van der Waals surface area contributed by atoms with Crippen LogP contribution < -0.4 is 5.32 Å². The standard InChI is InChI=1S/C11H19NS/c1-3-5-10(12-2)7-8-11-6-4-9-13-11/h4,6,9-10,12H,3,5,7-8H2,1-2H3. The van der Waals surface area contributed by atoms with Crippen LogP contribution in [-0.2, 0) is 6.42 Å². The van der Waals surface area contributed by atoms with Gasteiger partial charge in [-0.1, -0.05) is 19.4 Å². The number of nitrogens with one attached hydrogen (secondary N) is 1. The van der Waals surface area contributed by atoms with Crippen molar-refractivity contribution < 1.29 is 0 Å². The van der Waals surface area contributed by atoms with Gasteiger partial charge in [0, 0.05) is 10.9 Å². The van der Waals surface area contributed by atoms with Gasteiger partial charge in [-0.15, -0.1) is 11.3 Å². The zero-order valence-corrected chi connectivity index (χ0v) is 9.36. The summed E-state index contributed by atoms with van der Waals surface area (Å²) in [5.74, 6) is 0. The predicted molar refractivity (Wildman–Crippen MR) is 60.4 cm³/mol. The van der Waals surface area contributed by atoms with E-state index in [4.69, 9.17) is 0 Å². The average Bonchev–Trinajstić information content (AvgIpc) is 2.64. The minimum absolute atomic E-state index is 0.701. The monoisotopic (exact) mass is 197 g/mol. The molecule has 1 N–H and O–H groups in total. The van der Waals surface area contributed by atoms with Crippen molar-refractivity contribution in [1.82, 2.24) is 5.32 Å². The Bertz CT molecular complexity index is 206. The Morgan fingerprint density at radius 3 is 2.85 bits per heavy atom. The SMILES string of the molecule is CCCC(CCc1cccs1)NC. The highest BCUT2D eigenvalue weighted by Crippen LogP contribution is 2.13. The van der Waals surface area contributed by atoms with Crippen LogP contribution in [0, 0.1) is 0 Å². The second-order valence-corrected chi connectivity index (χ2v) is 4.42. The maximum atomic E-state index is 3.37. The van der Waals surface area contributed by atoms with Crippen LogP contribution in [0.2, 0.25) is 0 Å². The molecule has 74 valence electrons. The maximum absolute atomic E-state index is 3.37. The molecule has 1 heterocycles. The van der Waals surface area contributed by atoms with Crippen LogP contribution in [0.25, 0.3) is 0 Å². The molecule has 1 atom stereocenters. The van der Waals surface area contributed by atoms with Gasteiger partial charge in [-0.05, 0) is 37.8 Å². The number of rotatable bonds is 6. The molecule has 0 spiro atoms. The van der Waals surface area contributed by atoms with Gasteiger partial charge in [-0.25, -0.2) is 0 Å². The van der Waals surface area contributed by atoms with Crippen molar-refractivity contribution in [1.29, 1.82) is 0 Å². The quantitative estimate of drug-likeness (QED) is 0.739. The van der Waals surface area contributed by atoms with Gasteiger partial charge < -0.3 is 5.32 Å².